The molecule has 0 aliphatic heterocycles. The van der Waals surface area contributed by atoms with E-state index < -0.39 is 14.1 Å². The third kappa shape index (κ3) is 5.43. The lowest BCUT2D eigenvalue weighted by molar-refractivity contribution is 0.450. The van der Waals surface area contributed by atoms with Gasteiger partial charge in [0, 0.05) is 0 Å². The Labute approximate surface area is 128 Å². The predicted octanol–water partition coefficient (Wildman–Crippen LogP) is 7.22. The highest BCUT2D eigenvalue weighted by molar-refractivity contribution is 6.68. The molecule has 0 aliphatic carbocycles. The van der Waals surface area contributed by atoms with Crippen molar-refractivity contribution in [2.45, 2.75) is 114 Å². The molecular formula is C18H39Al. The van der Waals surface area contributed by atoms with Crippen molar-refractivity contribution < 1.29 is 0 Å². The van der Waals surface area contributed by atoms with Gasteiger partial charge in [0.1, 0.15) is 0 Å². The topological polar surface area (TPSA) is 0 Å². The van der Waals surface area contributed by atoms with E-state index in [1.165, 1.54) is 38.5 Å². The summed E-state index contributed by atoms with van der Waals surface area (Å²) in [7, 11) is 0. The van der Waals surface area contributed by atoms with Crippen molar-refractivity contribution in [2.24, 2.45) is 0 Å². The molecule has 0 atom stereocenters. The highest BCUT2D eigenvalue weighted by Gasteiger charge is 2.52. The van der Waals surface area contributed by atoms with Gasteiger partial charge in [-0.05, 0) is 0 Å². The zero-order valence-electron chi connectivity index (χ0n) is 15.3. The van der Waals surface area contributed by atoms with Gasteiger partial charge in [0.15, 0.2) is 0 Å². The highest BCUT2D eigenvalue weighted by Crippen LogP contribution is 2.58. The Kier molecular flexibility index (Phi) is 7.73. The molecule has 0 aromatic rings. The van der Waals surface area contributed by atoms with Crippen LogP contribution in [0.15, 0.2) is 0 Å². The van der Waals surface area contributed by atoms with Crippen LogP contribution in [0, 0.1) is 0 Å². The Hall–Kier alpha value is 0.532. The van der Waals surface area contributed by atoms with Crippen LogP contribution in [0.1, 0.15) is 101 Å². The molecule has 19 heavy (non-hydrogen) atoms. The second-order valence-corrected chi connectivity index (χ2v) is 14.2. The molecule has 1 heteroatoms. The van der Waals surface area contributed by atoms with Gasteiger partial charge in [-0.3, -0.25) is 0 Å². The normalized spacial score (nSPS) is 13.7. The fraction of sp³-hybridized carbons (Fsp3) is 1.00. The molecule has 0 nitrogen and oxygen atoms in total. The molecule has 0 fully saturated rings. The molecule has 0 amide bonds. The molecule has 0 saturated carbocycles. The fourth-order valence-corrected chi connectivity index (χ4v) is 13.6. The van der Waals surface area contributed by atoms with Gasteiger partial charge < -0.3 is 0 Å². The molecule has 0 radical (unpaired) electrons. The average molecular weight is 282 g/mol. The van der Waals surface area contributed by atoms with Gasteiger partial charge in [-0.15, -0.1) is 0 Å². The summed E-state index contributed by atoms with van der Waals surface area (Å²) in [5, 5.41) is 0. The monoisotopic (exact) mass is 282 g/mol. The van der Waals surface area contributed by atoms with Crippen LogP contribution < -0.4 is 0 Å². The third-order valence-corrected chi connectivity index (χ3v) is 10.6. The SMILES string of the molecule is CCC[C](C)(C)[Al]([C](C)(C)CCC)[C](C)(C)CCC. The van der Waals surface area contributed by atoms with Crippen molar-refractivity contribution in [3.63, 3.8) is 0 Å². The standard InChI is InChI=1S/3C6H13.Al/c3*1-4-5-6(2)3;/h3*4-5H2,1-3H3;. The highest BCUT2D eigenvalue weighted by atomic mass is 27.2. The van der Waals surface area contributed by atoms with Crippen molar-refractivity contribution >= 4 is 14.1 Å². The number of hydrogen-bond acceptors (Lipinski definition) is 0. The first kappa shape index (κ1) is 19.5. The molecule has 0 rings (SSSR count). The first-order valence-electron chi connectivity index (χ1n) is 8.55. The van der Waals surface area contributed by atoms with E-state index in [-0.39, 0.29) is 0 Å². The Balaban J connectivity index is 5.49. The van der Waals surface area contributed by atoms with Crippen LogP contribution in [-0.4, -0.2) is 14.1 Å². The molecule has 0 spiro atoms. The van der Waals surface area contributed by atoms with Gasteiger partial charge in [0.25, 0.3) is 14.1 Å². The summed E-state index contributed by atoms with van der Waals surface area (Å²) in [4.78, 5) is 0. The minimum atomic E-state index is -0.914. The quantitative estimate of drug-likeness (QED) is 0.391. The zero-order valence-corrected chi connectivity index (χ0v) is 16.5. The van der Waals surface area contributed by atoms with Gasteiger partial charge in [-0.25, -0.2) is 0 Å². The summed E-state index contributed by atoms with van der Waals surface area (Å²) < 4.78 is 1.73. The number of rotatable bonds is 9. The van der Waals surface area contributed by atoms with Crippen molar-refractivity contribution in [3.8, 4) is 0 Å². The third-order valence-electron chi connectivity index (χ3n) is 5.03. The van der Waals surface area contributed by atoms with Gasteiger partial charge in [0.2, 0.25) is 0 Å². The van der Waals surface area contributed by atoms with Crippen molar-refractivity contribution in [1.29, 1.82) is 0 Å². The van der Waals surface area contributed by atoms with E-state index in [1.54, 1.807) is 0 Å². The van der Waals surface area contributed by atoms with Gasteiger partial charge in [0.05, 0.1) is 0 Å². The van der Waals surface area contributed by atoms with Gasteiger partial charge in [-0.1, -0.05) is 114 Å². The molecule has 114 valence electrons. The summed E-state index contributed by atoms with van der Waals surface area (Å²) in [6, 6.07) is 0. The van der Waals surface area contributed by atoms with E-state index in [2.05, 4.69) is 62.3 Å². The van der Waals surface area contributed by atoms with Crippen LogP contribution in [0.5, 0.6) is 0 Å². The molecule has 0 aliphatic rings. The van der Waals surface area contributed by atoms with E-state index in [0.717, 1.165) is 0 Å². The van der Waals surface area contributed by atoms with Crippen molar-refractivity contribution in [2.75, 3.05) is 0 Å². The molecule has 0 N–H and O–H groups in total. The maximum absolute atomic E-state index is 2.57. The van der Waals surface area contributed by atoms with Crippen LogP contribution in [-0.2, 0) is 0 Å². The maximum atomic E-state index is 2.57. The van der Waals surface area contributed by atoms with E-state index in [4.69, 9.17) is 0 Å². The summed E-state index contributed by atoms with van der Waals surface area (Å²) in [5.74, 6) is 0. The van der Waals surface area contributed by atoms with Crippen LogP contribution in [0.3, 0.4) is 0 Å². The second-order valence-electron chi connectivity index (χ2n) is 8.65. The maximum Gasteiger partial charge on any atom is 0.281 e. The molecule has 0 unspecified atom stereocenters. The Morgan fingerprint density at radius 2 is 0.737 bits per heavy atom. The molecule has 0 aromatic heterocycles. The first-order valence-corrected chi connectivity index (χ1v) is 10.3. The lowest BCUT2D eigenvalue weighted by Gasteiger charge is -2.49. The van der Waals surface area contributed by atoms with Crippen LogP contribution in [0.2, 0.25) is 12.8 Å². The average Bonchev–Trinajstić information content (AvgIpc) is 2.14. The summed E-state index contributed by atoms with van der Waals surface area (Å²) >= 11 is -0.914. The van der Waals surface area contributed by atoms with Crippen LogP contribution in [0.25, 0.3) is 0 Å². The second kappa shape index (κ2) is 7.52. The van der Waals surface area contributed by atoms with E-state index >= 15 is 0 Å². The molecule has 0 saturated heterocycles. The van der Waals surface area contributed by atoms with Gasteiger partial charge in [-0.2, -0.15) is 0 Å². The summed E-state index contributed by atoms with van der Waals surface area (Å²) in [6.45, 7) is 22.5. The van der Waals surface area contributed by atoms with Crippen molar-refractivity contribution in [3.05, 3.63) is 0 Å². The first-order chi connectivity index (χ1) is 8.55. The van der Waals surface area contributed by atoms with Crippen LogP contribution in [0.4, 0.5) is 0 Å². The minimum absolute atomic E-state index is 0.575. The Morgan fingerprint density at radius 1 is 0.526 bits per heavy atom. The molecule has 0 aromatic carbocycles. The molecule has 0 bridgehead atoms. The minimum Gasteiger partial charge on any atom is -0.0752 e. The molecular weight excluding hydrogens is 243 g/mol. The Bertz CT molecular complexity index is 208. The molecule has 0 heterocycles. The van der Waals surface area contributed by atoms with E-state index in [1.807, 2.05) is 0 Å². The summed E-state index contributed by atoms with van der Waals surface area (Å²) in [5.41, 5.74) is 0. The summed E-state index contributed by atoms with van der Waals surface area (Å²) in [6.07, 6.45) is 8.22. The lowest BCUT2D eigenvalue weighted by Crippen LogP contribution is -2.46. The fourth-order valence-electron chi connectivity index (χ4n) is 5.54. The zero-order chi connectivity index (χ0) is 15.3. The smallest absolute Gasteiger partial charge is 0.0752 e. The van der Waals surface area contributed by atoms with Gasteiger partial charge >= 0.3 is 0 Å². The lowest BCUT2D eigenvalue weighted by atomic mass is 10.0. The Morgan fingerprint density at radius 3 is 0.895 bits per heavy atom. The van der Waals surface area contributed by atoms with Crippen LogP contribution >= 0.6 is 0 Å². The van der Waals surface area contributed by atoms with E-state index in [0.29, 0.717) is 12.8 Å². The van der Waals surface area contributed by atoms with E-state index in [9.17, 15) is 0 Å². The van der Waals surface area contributed by atoms with Crippen molar-refractivity contribution in [1.82, 2.24) is 0 Å². The predicted molar refractivity (Wildman–Crippen MR) is 92.6 cm³/mol. The number of hydrogen-bond donors (Lipinski definition) is 0. The largest absolute Gasteiger partial charge is 0.281 e.